The summed E-state index contributed by atoms with van der Waals surface area (Å²) in [6.07, 6.45) is -0.00834. The Morgan fingerprint density at radius 2 is 1.79 bits per heavy atom. The highest BCUT2D eigenvalue weighted by atomic mass is 16.5. The summed E-state index contributed by atoms with van der Waals surface area (Å²) >= 11 is 0. The lowest BCUT2D eigenvalue weighted by Crippen LogP contribution is -2.44. The minimum atomic E-state index is -0.195. The molecule has 0 saturated carbocycles. The molecule has 0 unspecified atom stereocenters. The van der Waals surface area contributed by atoms with Gasteiger partial charge in [0.25, 0.3) is 5.91 Å². The van der Waals surface area contributed by atoms with Crippen molar-refractivity contribution in [1.29, 1.82) is 0 Å². The SMILES string of the molecule is CCO[C@H]1CN(C)C[C@@H]1NC(=O)c1cc(OC)c(OC)c(OC)c1. The monoisotopic (exact) mass is 338 g/mol. The summed E-state index contributed by atoms with van der Waals surface area (Å²) in [6.45, 7) is 4.13. The number of carbonyl (C=O) groups excluding carboxylic acids is 1. The minimum absolute atomic E-state index is 0.00834. The van der Waals surface area contributed by atoms with Crippen molar-refractivity contribution in [2.75, 3.05) is 48.1 Å². The molecule has 7 heteroatoms. The first kappa shape index (κ1) is 18.4. The molecule has 7 nitrogen and oxygen atoms in total. The van der Waals surface area contributed by atoms with Crippen LogP contribution in [0.25, 0.3) is 0 Å². The number of benzene rings is 1. The maximum absolute atomic E-state index is 12.7. The smallest absolute Gasteiger partial charge is 0.251 e. The van der Waals surface area contributed by atoms with E-state index >= 15 is 0 Å². The predicted octanol–water partition coefficient (Wildman–Crippen LogP) is 1.16. The van der Waals surface area contributed by atoms with E-state index < -0.39 is 0 Å². The van der Waals surface area contributed by atoms with Crippen LogP contribution in [-0.2, 0) is 4.74 Å². The molecule has 1 aliphatic heterocycles. The number of carbonyl (C=O) groups is 1. The quantitative estimate of drug-likeness (QED) is 0.805. The lowest BCUT2D eigenvalue weighted by Gasteiger charge is -2.20. The summed E-state index contributed by atoms with van der Waals surface area (Å²) in [6, 6.07) is 3.23. The van der Waals surface area contributed by atoms with Gasteiger partial charge in [0, 0.05) is 25.3 Å². The third kappa shape index (κ3) is 3.91. The molecule has 1 saturated heterocycles. The van der Waals surface area contributed by atoms with Gasteiger partial charge in [-0.15, -0.1) is 0 Å². The molecule has 1 aromatic carbocycles. The van der Waals surface area contributed by atoms with Gasteiger partial charge in [-0.1, -0.05) is 0 Å². The van der Waals surface area contributed by atoms with Crippen LogP contribution < -0.4 is 19.5 Å². The number of amides is 1. The summed E-state index contributed by atoms with van der Waals surface area (Å²) in [4.78, 5) is 14.8. The van der Waals surface area contributed by atoms with Crippen LogP contribution in [0.4, 0.5) is 0 Å². The third-order valence-electron chi connectivity index (χ3n) is 4.07. The van der Waals surface area contributed by atoms with E-state index in [1.165, 1.54) is 21.3 Å². The minimum Gasteiger partial charge on any atom is -0.493 e. The second kappa shape index (κ2) is 8.21. The summed E-state index contributed by atoms with van der Waals surface area (Å²) in [5.41, 5.74) is 0.453. The number of nitrogens with zero attached hydrogens (tertiary/aromatic N) is 1. The number of ether oxygens (including phenoxy) is 4. The van der Waals surface area contributed by atoms with Gasteiger partial charge in [0.1, 0.15) is 0 Å². The Labute approximate surface area is 142 Å². The van der Waals surface area contributed by atoms with Crippen molar-refractivity contribution in [3.8, 4) is 17.2 Å². The molecule has 1 amide bonds. The van der Waals surface area contributed by atoms with E-state index in [9.17, 15) is 4.79 Å². The van der Waals surface area contributed by atoms with Gasteiger partial charge in [-0.3, -0.25) is 4.79 Å². The summed E-state index contributed by atoms with van der Waals surface area (Å²) in [7, 11) is 6.59. The van der Waals surface area contributed by atoms with Gasteiger partial charge in [0.05, 0.1) is 33.5 Å². The lowest BCUT2D eigenvalue weighted by molar-refractivity contribution is 0.0513. The van der Waals surface area contributed by atoms with E-state index in [0.717, 1.165) is 13.1 Å². The molecule has 0 radical (unpaired) electrons. The Kier molecular flexibility index (Phi) is 6.28. The Morgan fingerprint density at radius 3 is 2.29 bits per heavy atom. The van der Waals surface area contributed by atoms with E-state index in [2.05, 4.69) is 10.2 Å². The van der Waals surface area contributed by atoms with Crippen molar-refractivity contribution in [3.05, 3.63) is 17.7 Å². The fraction of sp³-hybridized carbons (Fsp3) is 0.588. The first-order chi connectivity index (χ1) is 11.5. The van der Waals surface area contributed by atoms with E-state index in [4.69, 9.17) is 18.9 Å². The zero-order valence-electron chi connectivity index (χ0n) is 14.9. The van der Waals surface area contributed by atoms with Crippen molar-refractivity contribution in [2.45, 2.75) is 19.1 Å². The van der Waals surface area contributed by atoms with Crippen molar-refractivity contribution in [1.82, 2.24) is 10.2 Å². The Balaban J connectivity index is 2.20. The molecule has 0 aromatic heterocycles. The standard InChI is InChI=1S/C17H26N2O5/c1-6-24-15-10-19(2)9-12(15)18-17(20)11-7-13(21-3)16(23-5)14(8-11)22-4/h7-8,12,15H,6,9-10H2,1-5H3,(H,18,20)/t12-,15-/m0/s1. The predicted molar refractivity (Wildman–Crippen MR) is 90.3 cm³/mol. The summed E-state index contributed by atoms with van der Waals surface area (Å²) in [5.74, 6) is 1.17. The molecule has 24 heavy (non-hydrogen) atoms. The Hall–Kier alpha value is -1.99. The molecule has 1 heterocycles. The van der Waals surface area contributed by atoms with Crippen LogP contribution in [0.3, 0.4) is 0 Å². The average Bonchev–Trinajstić information content (AvgIpc) is 2.92. The van der Waals surface area contributed by atoms with Crippen LogP contribution in [0.2, 0.25) is 0 Å². The van der Waals surface area contributed by atoms with Crippen molar-refractivity contribution in [2.24, 2.45) is 0 Å². The van der Waals surface area contributed by atoms with Crippen LogP contribution in [0.1, 0.15) is 17.3 Å². The Morgan fingerprint density at radius 1 is 1.17 bits per heavy atom. The molecule has 134 valence electrons. The van der Waals surface area contributed by atoms with Crippen LogP contribution >= 0.6 is 0 Å². The van der Waals surface area contributed by atoms with E-state index in [1.807, 2.05) is 14.0 Å². The zero-order chi connectivity index (χ0) is 17.7. The van der Waals surface area contributed by atoms with Gasteiger partial charge >= 0.3 is 0 Å². The summed E-state index contributed by atoms with van der Waals surface area (Å²) < 4.78 is 21.6. The highest BCUT2D eigenvalue weighted by Gasteiger charge is 2.33. The molecule has 1 aromatic rings. The highest BCUT2D eigenvalue weighted by Crippen LogP contribution is 2.38. The highest BCUT2D eigenvalue weighted by molar-refractivity contribution is 5.96. The lowest BCUT2D eigenvalue weighted by atomic mass is 10.1. The van der Waals surface area contributed by atoms with Gasteiger partial charge in [0.15, 0.2) is 11.5 Å². The maximum atomic E-state index is 12.7. The van der Waals surface area contributed by atoms with Crippen molar-refractivity contribution < 1.29 is 23.7 Å². The normalized spacial score (nSPS) is 20.7. The van der Waals surface area contributed by atoms with Crippen LogP contribution in [0.5, 0.6) is 17.2 Å². The number of likely N-dealkylation sites (N-methyl/N-ethyl adjacent to an activating group) is 1. The maximum Gasteiger partial charge on any atom is 0.251 e. The molecule has 0 aliphatic carbocycles. The van der Waals surface area contributed by atoms with Gasteiger partial charge in [-0.25, -0.2) is 0 Å². The number of likely N-dealkylation sites (tertiary alicyclic amines) is 1. The molecule has 1 fully saturated rings. The molecule has 2 rings (SSSR count). The molecular weight excluding hydrogens is 312 g/mol. The van der Waals surface area contributed by atoms with E-state index in [1.54, 1.807) is 12.1 Å². The van der Waals surface area contributed by atoms with Crippen LogP contribution in [0, 0.1) is 0 Å². The number of rotatable bonds is 7. The van der Waals surface area contributed by atoms with Crippen molar-refractivity contribution in [3.63, 3.8) is 0 Å². The molecule has 1 N–H and O–H groups in total. The third-order valence-corrected chi connectivity index (χ3v) is 4.07. The molecule has 2 atom stereocenters. The fourth-order valence-electron chi connectivity index (χ4n) is 2.95. The number of nitrogens with one attached hydrogen (secondary N) is 1. The number of methoxy groups -OCH3 is 3. The zero-order valence-corrected chi connectivity index (χ0v) is 14.9. The second-order valence-electron chi connectivity index (χ2n) is 5.71. The number of hydrogen-bond donors (Lipinski definition) is 1. The van der Waals surface area contributed by atoms with Crippen LogP contribution in [0.15, 0.2) is 12.1 Å². The van der Waals surface area contributed by atoms with Crippen LogP contribution in [-0.4, -0.2) is 71.0 Å². The first-order valence-electron chi connectivity index (χ1n) is 7.95. The number of hydrogen-bond acceptors (Lipinski definition) is 6. The van der Waals surface area contributed by atoms with Gasteiger partial charge in [0.2, 0.25) is 5.75 Å². The van der Waals surface area contributed by atoms with Gasteiger partial charge in [-0.2, -0.15) is 0 Å². The largest absolute Gasteiger partial charge is 0.493 e. The molecule has 0 bridgehead atoms. The van der Waals surface area contributed by atoms with Gasteiger partial charge < -0.3 is 29.2 Å². The topological polar surface area (TPSA) is 69.3 Å². The van der Waals surface area contributed by atoms with Gasteiger partial charge in [-0.05, 0) is 26.1 Å². The van der Waals surface area contributed by atoms with Crippen molar-refractivity contribution >= 4 is 5.91 Å². The first-order valence-corrected chi connectivity index (χ1v) is 7.95. The fourth-order valence-corrected chi connectivity index (χ4v) is 2.95. The molecular formula is C17H26N2O5. The average molecular weight is 338 g/mol. The molecule has 1 aliphatic rings. The molecule has 0 spiro atoms. The van der Waals surface area contributed by atoms with E-state index in [0.29, 0.717) is 29.4 Å². The Bertz CT molecular complexity index is 553. The summed E-state index contributed by atoms with van der Waals surface area (Å²) in [5, 5.41) is 3.04. The second-order valence-corrected chi connectivity index (χ2v) is 5.71. The van der Waals surface area contributed by atoms with E-state index in [-0.39, 0.29) is 18.1 Å².